The van der Waals surface area contributed by atoms with E-state index >= 15 is 0 Å². The molecule has 3 atom stereocenters. The highest BCUT2D eigenvalue weighted by molar-refractivity contribution is 9.10. The fraction of sp³-hybridized carbons (Fsp3) is 0.562. The quantitative estimate of drug-likeness (QED) is 0.806. The first kappa shape index (κ1) is 15.9. The maximum Gasteiger partial charge on any atom is 0.230 e. The summed E-state index contributed by atoms with van der Waals surface area (Å²) in [5, 5.41) is 3.21. The third kappa shape index (κ3) is 4.52. The number of hydrogen-bond acceptors (Lipinski definition) is 2. The van der Waals surface area contributed by atoms with Gasteiger partial charge in [0.25, 0.3) is 0 Å². The Morgan fingerprint density at radius 3 is 2.70 bits per heavy atom. The third-order valence-electron chi connectivity index (χ3n) is 4.24. The average molecular weight is 356 g/mol. The fourth-order valence-corrected chi connectivity index (χ4v) is 3.69. The highest BCUT2D eigenvalue weighted by Crippen LogP contribution is 2.29. The molecule has 1 N–H and O–H groups in total. The molecule has 1 fully saturated rings. The molecule has 1 aliphatic carbocycles. The van der Waals surface area contributed by atoms with E-state index in [0.717, 1.165) is 15.8 Å². The van der Waals surface area contributed by atoms with Gasteiger partial charge in [-0.1, -0.05) is 42.6 Å². The summed E-state index contributed by atoms with van der Waals surface area (Å²) in [5.41, 5.74) is 0. The lowest BCUT2D eigenvalue weighted by atomic mass is 9.78. The molecular weight excluding hydrogens is 334 g/mol. The Hall–Kier alpha value is -0.480. The fourth-order valence-electron chi connectivity index (χ4n) is 2.71. The summed E-state index contributed by atoms with van der Waals surface area (Å²) in [7, 11) is 0. The Morgan fingerprint density at radius 2 is 2.00 bits per heavy atom. The van der Waals surface area contributed by atoms with Crippen LogP contribution >= 0.6 is 27.7 Å². The molecule has 0 aromatic heterocycles. The van der Waals surface area contributed by atoms with Crippen molar-refractivity contribution >= 4 is 33.6 Å². The highest BCUT2D eigenvalue weighted by atomic mass is 79.9. The summed E-state index contributed by atoms with van der Waals surface area (Å²) < 4.78 is 1.07. The topological polar surface area (TPSA) is 29.1 Å². The van der Waals surface area contributed by atoms with Gasteiger partial charge in [0.05, 0.1) is 5.75 Å². The zero-order valence-electron chi connectivity index (χ0n) is 12.1. The number of thioether (sulfide) groups is 1. The lowest BCUT2D eigenvalue weighted by Gasteiger charge is -2.34. The van der Waals surface area contributed by atoms with Crippen LogP contribution in [0.15, 0.2) is 33.6 Å². The maximum absolute atomic E-state index is 12.1. The average Bonchev–Trinajstić information content (AvgIpc) is 2.43. The van der Waals surface area contributed by atoms with Crippen LogP contribution in [0.1, 0.15) is 33.1 Å². The molecule has 0 saturated heterocycles. The van der Waals surface area contributed by atoms with Gasteiger partial charge >= 0.3 is 0 Å². The lowest BCUT2D eigenvalue weighted by Crippen LogP contribution is -2.44. The van der Waals surface area contributed by atoms with Crippen LogP contribution in [0.3, 0.4) is 0 Å². The van der Waals surface area contributed by atoms with Crippen molar-refractivity contribution < 1.29 is 4.79 Å². The molecule has 0 bridgehead atoms. The largest absolute Gasteiger partial charge is 0.352 e. The molecule has 0 unspecified atom stereocenters. The molecule has 110 valence electrons. The van der Waals surface area contributed by atoms with Crippen molar-refractivity contribution in [3.63, 3.8) is 0 Å². The van der Waals surface area contributed by atoms with Gasteiger partial charge in [-0.2, -0.15) is 0 Å². The van der Waals surface area contributed by atoms with E-state index in [0.29, 0.717) is 23.6 Å². The first-order valence-corrected chi connectivity index (χ1v) is 9.02. The number of carbonyl (C=O) groups excluding carboxylic acids is 1. The zero-order chi connectivity index (χ0) is 14.5. The van der Waals surface area contributed by atoms with Crippen LogP contribution < -0.4 is 5.32 Å². The molecule has 20 heavy (non-hydrogen) atoms. The summed E-state index contributed by atoms with van der Waals surface area (Å²) in [6, 6.07) is 8.44. The molecule has 4 heteroatoms. The van der Waals surface area contributed by atoms with Gasteiger partial charge in [0.1, 0.15) is 0 Å². The molecule has 0 radical (unpaired) electrons. The molecule has 2 rings (SSSR count). The predicted molar refractivity (Wildman–Crippen MR) is 89.0 cm³/mol. The molecule has 1 saturated carbocycles. The maximum atomic E-state index is 12.1. The highest BCUT2D eigenvalue weighted by Gasteiger charge is 2.27. The molecule has 2 nitrogen and oxygen atoms in total. The first-order chi connectivity index (χ1) is 9.56. The Morgan fingerprint density at radius 1 is 1.30 bits per heavy atom. The molecule has 0 heterocycles. The monoisotopic (exact) mass is 355 g/mol. The number of hydrogen-bond donors (Lipinski definition) is 1. The van der Waals surface area contributed by atoms with Gasteiger partial charge in [0.15, 0.2) is 0 Å². The van der Waals surface area contributed by atoms with E-state index in [1.165, 1.54) is 12.8 Å². The predicted octanol–water partition coefficient (Wildman–Crippen LogP) is 4.48. The van der Waals surface area contributed by atoms with Gasteiger partial charge in [-0.3, -0.25) is 4.79 Å². The van der Waals surface area contributed by atoms with Crippen molar-refractivity contribution in [3.05, 3.63) is 28.7 Å². The summed E-state index contributed by atoms with van der Waals surface area (Å²) in [6.07, 6.45) is 3.65. The minimum Gasteiger partial charge on any atom is -0.352 e. The molecule has 0 aliphatic heterocycles. The number of halogens is 1. The standard InChI is InChI=1S/C16H22BrNOS/c1-11-4-3-5-15(12(11)2)18-16(19)10-20-14-8-6-13(17)7-9-14/h6-9,11-12,15H,3-5,10H2,1-2H3,(H,18,19)/t11-,12+,15+/m1/s1. The van der Waals surface area contributed by atoms with Gasteiger partial charge < -0.3 is 5.32 Å². The Bertz CT molecular complexity index is 448. The third-order valence-corrected chi connectivity index (χ3v) is 5.78. The van der Waals surface area contributed by atoms with Crippen molar-refractivity contribution in [3.8, 4) is 0 Å². The Labute approximate surface area is 134 Å². The van der Waals surface area contributed by atoms with Crippen LogP contribution in [0.25, 0.3) is 0 Å². The van der Waals surface area contributed by atoms with E-state index < -0.39 is 0 Å². The van der Waals surface area contributed by atoms with E-state index in [2.05, 4.69) is 35.1 Å². The van der Waals surface area contributed by atoms with Crippen LogP contribution in [-0.4, -0.2) is 17.7 Å². The van der Waals surface area contributed by atoms with Gasteiger partial charge in [0, 0.05) is 15.4 Å². The van der Waals surface area contributed by atoms with Crippen LogP contribution in [0.5, 0.6) is 0 Å². The molecule has 1 amide bonds. The van der Waals surface area contributed by atoms with Gasteiger partial charge in [0.2, 0.25) is 5.91 Å². The molecule has 1 aromatic carbocycles. The van der Waals surface area contributed by atoms with E-state index in [1.54, 1.807) is 11.8 Å². The van der Waals surface area contributed by atoms with Gasteiger partial charge in [-0.25, -0.2) is 0 Å². The van der Waals surface area contributed by atoms with E-state index in [4.69, 9.17) is 0 Å². The van der Waals surface area contributed by atoms with Crippen molar-refractivity contribution in [2.24, 2.45) is 11.8 Å². The second-order valence-electron chi connectivity index (χ2n) is 5.68. The van der Waals surface area contributed by atoms with E-state index in [-0.39, 0.29) is 5.91 Å². The SMILES string of the molecule is C[C@H]1[C@H](C)CCC[C@@H]1NC(=O)CSc1ccc(Br)cc1. The number of benzene rings is 1. The first-order valence-electron chi connectivity index (χ1n) is 7.24. The van der Waals surface area contributed by atoms with Crippen molar-refractivity contribution in [2.45, 2.75) is 44.0 Å². The summed E-state index contributed by atoms with van der Waals surface area (Å²) >= 11 is 5.01. The molecule has 1 aliphatic rings. The lowest BCUT2D eigenvalue weighted by molar-refractivity contribution is -0.119. The minimum atomic E-state index is 0.156. The van der Waals surface area contributed by atoms with E-state index in [1.807, 2.05) is 24.3 Å². The normalized spacial score (nSPS) is 26.2. The number of carbonyl (C=O) groups is 1. The van der Waals surface area contributed by atoms with E-state index in [9.17, 15) is 4.79 Å². The van der Waals surface area contributed by atoms with Crippen molar-refractivity contribution in [1.82, 2.24) is 5.32 Å². The van der Waals surface area contributed by atoms with Gasteiger partial charge in [-0.05, 0) is 42.5 Å². The van der Waals surface area contributed by atoms with Crippen LogP contribution in [-0.2, 0) is 4.79 Å². The van der Waals surface area contributed by atoms with Crippen molar-refractivity contribution in [1.29, 1.82) is 0 Å². The zero-order valence-corrected chi connectivity index (χ0v) is 14.5. The Balaban J connectivity index is 1.79. The Kier molecular flexibility index (Phi) is 5.97. The second-order valence-corrected chi connectivity index (χ2v) is 7.65. The molecule has 0 spiro atoms. The second kappa shape index (κ2) is 7.51. The summed E-state index contributed by atoms with van der Waals surface area (Å²) in [4.78, 5) is 13.2. The smallest absolute Gasteiger partial charge is 0.230 e. The van der Waals surface area contributed by atoms with Gasteiger partial charge in [-0.15, -0.1) is 11.8 Å². The van der Waals surface area contributed by atoms with Crippen LogP contribution in [0.2, 0.25) is 0 Å². The van der Waals surface area contributed by atoms with Crippen LogP contribution in [0.4, 0.5) is 0 Å². The number of rotatable bonds is 4. The van der Waals surface area contributed by atoms with Crippen LogP contribution in [0, 0.1) is 11.8 Å². The van der Waals surface area contributed by atoms with Crippen molar-refractivity contribution in [2.75, 3.05) is 5.75 Å². The summed E-state index contributed by atoms with van der Waals surface area (Å²) in [5.74, 6) is 1.96. The minimum absolute atomic E-state index is 0.156. The summed E-state index contributed by atoms with van der Waals surface area (Å²) in [6.45, 7) is 4.55. The number of nitrogens with one attached hydrogen (secondary N) is 1. The molecule has 1 aromatic rings. The molecular formula is C16H22BrNOS. The number of amides is 1.